The lowest BCUT2D eigenvalue weighted by Gasteiger charge is -2.55. The van der Waals surface area contributed by atoms with Crippen LogP contribution in [-0.2, 0) is 24.6 Å². The molecule has 9 rings (SSSR count). The molecule has 6 atom stereocenters. The molecule has 10 heteroatoms. The first-order chi connectivity index (χ1) is 28.6. The third-order valence-electron chi connectivity index (χ3n) is 12.7. The molecule has 5 aromatic carbocycles. The quantitative estimate of drug-likeness (QED) is 0.0946. The zero-order chi connectivity index (χ0) is 41.0. The summed E-state index contributed by atoms with van der Waals surface area (Å²) in [5.41, 5.74) is 4.35. The summed E-state index contributed by atoms with van der Waals surface area (Å²) in [7, 11) is 5.44. The van der Waals surface area contributed by atoms with Crippen LogP contribution in [0.2, 0.25) is 0 Å². The minimum absolute atomic E-state index is 0.0170. The zero-order valence-electron chi connectivity index (χ0n) is 32.9. The van der Waals surface area contributed by atoms with Crippen molar-refractivity contribution < 1.29 is 29.0 Å². The van der Waals surface area contributed by atoms with E-state index in [1.165, 1.54) is 24.2 Å². The van der Waals surface area contributed by atoms with Crippen molar-refractivity contribution in [1.29, 1.82) is 0 Å². The molecule has 4 aliphatic rings. The molecular formula is C49H42N4O6. The fourth-order valence-electron chi connectivity index (χ4n) is 10.0. The Labute approximate surface area is 342 Å². The predicted molar refractivity (Wildman–Crippen MR) is 225 cm³/mol. The Bertz CT molecular complexity index is 2580. The number of methoxy groups -OCH3 is 1. The highest BCUT2D eigenvalue weighted by atomic mass is 16.5. The number of hydrogen-bond donors (Lipinski definition) is 1. The number of ether oxygens (including phenoxy) is 1. The van der Waals surface area contributed by atoms with Gasteiger partial charge in [-0.2, -0.15) is 10.2 Å². The number of carbonyl (C=O) groups is 4. The van der Waals surface area contributed by atoms with Gasteiger partial charge in [-0.1, -0.05) is 78.4 Å². The van der Waals surface area contributed by atoms with E-state index >= 15 is 9.59 Å². The summed E-state index contributed by atoms with van der Waals surface area (Å²) in [5.74, 6) is -4.41. The van der Waals surface area contributed by atoms with Gasteiger partial charge in [-0.05, 0) is 90.6 Å². The van der Waals surface area contributed by atoms with Crippen molar-refractivity contribution in [3.8, 4) is 11.5 Å². The van der Waals surface area contributed by atoms with Crippen LogP contribution in [0.4, 0.5) is 22.7 Å². The van der Waals surface area contributed by atoms with Gasteiger partial charge >= 0.3 is 0 Å². The van der Waals surface area contributed by atoms with E-state index < -0.39 is 35.0 Å². The Kier molecular flexibility index (Phi) is 9.42. The lowest BCUT2D eigenvalue weighted by Crippen LogP contribution is -2.58. The molecule has 0 radical (unpaired) electrons. The SMILES string of the molecule is COc1cc(O)ccc1[C@H]1C2=CC[C@@H]3C(=O)N(c4ccc(N=Nc5ccc(N(C)C)cc5)cc4)C(=O)[C@@H]3[C@@H]2C[C@H]2C(=O)C(c3ccccc3)=CC(=O)[C@@]12c1ccccc1. The van der Waals surface area contributed by atoms with Crippen molar-refractivity contribution in [3.05, 3.63) is 162 Å². The maximum Gasteiger partial charge on any atom is 0.238 e. The van der Waals surface area contributed by atoms with Crippen LogP contribution in [0.5, 0.6) is 11.5 Å². The maximum absolute atomic E-state index is 15.3. The monoisotopic (exact) mass is 782 g/mol. The molecule has 2 amide bonds. The van der Waals surface area contributed by atoms with Crippen LogP contribution in [-0.4, -0.2) is 49.7 Å². The highest BCUT2D eigenvalue weighted by Crippen LogP contribution is 2.64. The molecule has 59 heavy (non-hydrogen) atoms. The van der Waals surface area contributed by atoms with Gasteiger partial charge in [0.05, 0.1) is 41.4 Å². The number of amides is 2. The number of azo groups is 1. The Morgan fingerprint density at radius 3 is 2.05 bits per heavy atom. The van der Waals surface area contributed by atoms with E-state index in [4.69, 9.17) is 4.74 Å². The third kappa shape index (κ3) is 6.09. The van der Waals surface area contributed by atoms with E-state index in [1.54, 1.807) is 36.4 Å². The first-order valence-corrected chi connectivity index (χ1v) is 19.8. The van der Waals surface area contributed by atoms with Crippen LogP contribution in [0.15, 0.2) is 155 Å². The van der Waals surface area contributed by atoms with E-state index in [9.17, 15) is 14.7 Å². The molecule has 0 aromatic heterocycles. The second-order valence-electron chi connectivity index (χ2n) is 15.9. The molecule has 1 aliphatic heterocycles. The number of benzene rings is 5. The molecule has 10 nitrogen and oxygen atoms in total. The van der Waals surface area contributed by atoms with Crippen LogP contribution in [0.1, 0.15) is 35.4 Å². The van der Waals surface area contributed by atoms with Crippen LogP contribution >= 0.6 is 0 Å². The number of phenolic OH excluding ortho intramolecular Hbond substituents is 1. The summed E-state index contributed by atoms with van der Waals surface area (Å²) >= 11 is 0. The van der Waals surface area contributed by atoms with Gasteiger partial charge in [-0.3, -0.25) is 24.1 Å². The molecular weight excluding hydrogens is 741 g/mol. The van der Waals surface area contributed by atoms with Gasteiger partial charge < -0.3 is 14.7 Å². The average Bonchev–Trinajstić information content (AvgIpc) is 3.52. The number of nitrogens with zero attached hydrogens (tertiary/aromatic N) is 4. The summed E-state index contributed by atoms with van der Waals surface area (Å²) in [6.07, 6.45) is 3.95. The Morgan fingerprint density at radius 2 is 1.41 bits per heavy atom. The molecule has 1 N–H and O–H groups in total. The molecule has 0 spiro atoms. The van der Waals surface area contributed by atoms with Crippen molar-refractivity contribution >= 4 is 51.7 Å². The highest BCUT2D eigenvalue weighted by molar-refractivity contribution is 6.32. The minimum atomic E-state index is -1.42. The standard InChI is InChI=1S/C49H42N4O6/c1-52(2)33-18-14-31(15-19-33)50-51-32-16-20-34(21-17-32)53-47(57)38-25-24-36-40(44(38)48(53)58)27-41-46(56)39(29-10-6-4-7-11-29)28-43(55)49(41,30-12-8-5-9-13-30)45(36)37-23-22-35(54)26-42(37)59-3/h4-24,26,28,38,40-41,44-45,54H,25,27H2,1-3H3/t38-,40+,41-,44-,45+,49-/m0/s1. The van der Waals surface area contributed by atoms with E-state index in [0.29, 0.717) is 45.1 Å². The van der Waals surface area contributed by atoms with Crippen LogP contribution in [0.25, 0.3) is 5.57 Å². The summed E-state index contributed by atoms with van der Waals surface area (Å²) in [4.78, 5) is 62.9. The summed E-state index contributed by atoms with van der Waals surface area (Å²) in [6.45, 7) is 0. The van der Waals surface area contributed by atoms with Crippen LogP contribution in [0.3, 0.4) is 0 Å². The normalized spacial score (nSPS) is 24.9. The van der Waals surface area contributed by atoms with Gasteiger partial charge in [0.25, 0.3) is 0 Å². The fourth-order valence-corrected chi connectivity index (χ4v) is 10.0. The number of ketones is 2. The van der Waals surface area contributed by atoms with E-state index in [0.717, 1.165) is 11.3 Å². The number of anilines is 2. The number of phenols is 1. The smallest absolute Gasteiger partial charge is 0.238 e. The molecule has 1 heterocycles. The van der Waals surface area contributed by atoms with Gasteiger partial charge in [0.1, 0.15) is 11.5 Å². The average molecular weight is 783 g/mol. The van der Waals surface area contributed by atoms with Crippen LogP contribution < -0.4 is 14.5 Å². The van der Waals surface area contributed by atoms with Gasteiger partial charge in [0.2, 0.25) is 11.8 Å². The van der Waals surface area contributed by atoms with Gasteiger partial charge in [0, 0.05) is 48.8 Å². The number of carbonyl (C=O) groups excluding carboxylic acids is 4. The molecule has 1 saturated carbocycles. The minimum Gasteiger partial charge on any atom is -0.508 e. The summed E-state index contributed by atoms with van der Waals surface area (Å²) < 4.78 is 5.89. The molecule has 5 aromatic rings. The fraction of sp³-hybridized carbons (Fsp3) is 0.224. The summed E-state index contributed by atoms with van der Waals surface area (Å²) in [6, 6.07) is 37.9. The number of hydrogen-bond acceptors (Lipinski definition) is 9. The molecule has 3 aliphatic carbocycles. The van der Waals surface area contributed by atoms with Crippen molar-refractivity contribution in [2.45, 2.75) is 24.2 Å². The van der Waals surface area contributed by atoms with Gasteiger partial charge in [-0.25, -0.2) is 0 Å². The molecule has 0 bridgehead atoms. The number of rotatable bonds is 8. The molecule has 1 saturated heterocycles. The lowest BCUT2D eigenvalue weighted by atomic mass is 9.44. The van der Waals surface area contributed by atoms with Crippen LogP contribution in [0, 0.1) is 23.7 Å². The number of imide groups is 1. The number of Topliss-reactive ketones (excluding diaryl/α,β-unsaturated/α-hetero) is 1. The van der Waals surface area contributed by atoms with E-state index in [2.05, 4.69) is 10.2 Å². The maximum atomic E-state index is 15.3. The highest BCUT2D eigenvalue weighted by Gasteiger charge is 2.66. The van der Waals surface area contributed by atoms with E-state index in [1.807, 2.05) is 110 Å². The van der Waals surface area contributed by atoms with E-state index in [-0.39, 0.29) is 42.0 Å². The largest absolute Gasteiger partial charge is 0.508 e. The van der Waals surface area contributed by atoms with Gasteiger partial charge in [-0.15, -0.1) is 0 Å². The van der Waals surface area contributed by atoms with Gasteiger partial charge in [0.15, 0.2) is 11.6 Å². The first kappa shape index (κ1) is 37.6. The van der Waals surface area contributed by atoms with Crippen molar-refractivity contribution in [3.63, 3.8) is 0 Å². The molecule has 2 fully saturated rings. The topological polar surface area (TPSA) is 129 Å². The predicted octanol–water partition coefficient (Wildman–Crippen LogP) is 8.91. The summed E-state index contributed by atoms with van der Waals surface area (Å²) in [5, 5.41) is 19.3. The number of fused-ring (bicyclic) bond motifs is 4. The number of allylic oxidation sites excluding steroid dienone is 4. The second-order valence-corrected chi connectivity index (χ2v) is 15.9. The van der Waals surface area contributed by atoms with Crippen molar-refractivity contribution in [2.75, 3.05) is 31.0 Å². The van der Waals surface area contributed by atoms with Crippen molar-refractivity contribution in [2.24, 2.45) is 33.9 Å². The lowest BCUT2D eigenvalue weighted by molar-refractivity contribution is -0.135. The Morgan fingerprint density at radius 1 is 0.763 bits per heavy atom. The zero-order valence-corrected chi connectivity index (χ0v) is 32.9. The molecule has 0 unspecified atom stereocenters. The van der Waals surface area contributed by atoms with Crippen molar-refractivity contribution in [1.82, 2.24) is 0 Å². The third-order valence-corrected chi connectivity index (χ3v) is 12.7. The molecule has 294 valence electrons. The second kappa shape index (κ2) is 14.8. The Hall–Kier alpha value is -6.94. The Balaban J connectivity index is 1.13. The first-order valence-electron chi connectivity index (χ1n) is 19.8. The number of aromatic hydroxyl groups is 1.